The molecule has 118 valence electrons. The van der Waals surface area contributed by atoms with Crippen molar-refractivity contribution in [1.29, 1.82) is 0 Å². The van der Waals surface area contributed by atoms with E-state index in [0.717, 1.165) is 6.08 Å². The van der Waals surface area contributed by atoms with E-state index in [2.05, 4.69) is 9.97 Å². The number of hydrogen-bond acceptors (Lipinski definition) is 4. The van der Waals surface area contributed by atoms with Crippen LogP contribution in [0.5, 0.6) is 0 Å². The lowest BCUT2D eigenvalue weighted by Crippen LogP contribution is -2.40. The van der Waals surface area contributed by atoms with Crippen molar-refractivity contribution in [2.24, 2.45) is 0 Å². The third-order valence-electron chi connectivity index (χ3n) is 3.16. The summed E-state index contributed by atoms with van der Waals surface area (Å²) in [6.45, 7) is 4.57. The zero-order valence-electron chi connectivity index (χ0n) is 12.5. The molecule has 0 amide bonds. The number of rotatable bonds is 6. The van der Waals surface area contributed by atoms with Gasteiger partial charge in [-0.1, -0.05) is 13.8 Å². The summed E-state index contributed by atoms with van der Waals surface area (Å²) in [6, 6.07) is 0. The van der Waals surface area contributed by atoms with E-state index in [1.165, 1.54) is 15.2 Å². The maximum Gasteiger partial charge on any atom is 0.332 e. The van der Waals surface area contributed by atoms with E-state index < -0.39 is 11.5 Å². The van der Waals surface area contributed by atoms with Gasteiger partial charge in [-0.3, -0.25) is 13.9 Å². The number of carbonyl (C=O) groups is 1. The van der Waals surface area contributed by atoms with E-state index in [9.17, 15) is 14.4 Å². The Hall–Kier alpha value is -2.64. The highest BCUT2D eigenvalue weighted by atomic mass is 16.4. The molecule has 8 nitrogen and oxygen atoms in total. The van der Waals surface area contributed by atoms with Crippen LogP contribution in [0.25, 0.3) is 17.2 Å². The summed E-state index contributed by atoms with van der Waals surface area (Å²) < 4.78 is 2.63. The fourth-order valence-electron chi connectivity index (χ4n) is 2.26. The molecule has 0 saturated heterocycles. The lowest BCUT2D eigenvalue weighted by Gasteiger charge is -2.09. The lowest BCUT2D eigenvalue weighted by molar-refractivity contribution is -0.131. The fraction of sp³-hybridized carbons (Fsp3) is 0.429. The zero-order chi connectivity index (χ0) is 16.3. The van der Waals surface area contributed by atoms with E-state index >= 15 is 0 Å². The highest BCUT2D eigenvalue weighted by Gasteiger charge is 2.15. The van der Waals surface area contributed by atoms with E-state index in [1.54, 1.807) is 0 Å². The average Bonchev–Trinajstić information content (AvgIpc) is 2.90. The second-order valence-electron chi connectivity index (χ2n) is 4.88. The SMILES string of the molecule is CCCn1c(=O)c2[nH]c(/C=C/C(=O)O)nc2n(CCC)c1=O. The van der Waals surface area contributed by atoms with Crippen molar-refractivity contribution in [2.45, 2.75) is 39.8 Å². The number of carboxylic acids is 1. The first kappa shape index (κ1) is 15.7. The van der Waals surface area contributed by atoms with Crippen LogP contribution in [0, 0.1) is 0 Å². The third-order valence-corrected chi connectivity index (χ3v) is 3.16. The standard InChI is InChI=1S/C14H18N4O4/c1-3-7-17-12-11(13(21)18(8-4-2)14(17)22)15-9(16-12)5-6-10(19)20/h5-6H,3-4,7-8H2,1-2H3,(H,15,16)(H,19,20)/b6-5+. The van der Waals surface area contributed by atoms with Gasteiger partial charge in [0.1, 0.15) is 11.3 Å². The maximum absolute atomic E-state index is 12.4. The summed E-state index contributed by atoms with van der Waals surface area (Å²) in [5, 5.41) is 8.65. The van der Waals surface area contributed by atoms with E-state index in [1.807, 2.05) is 13.8 Å². The molecular formula is C14H18N4O4. The van der Waals surface area contributed by atoms with E-state index in [4.69, 9.17) is 5.11 Å². The molecular weight excluding hydrogens is 288 g/mol. The van der Waals surface area contributed by atoms with Gasteiger partial charge in [-0.25, -0.2) is 14.6 Å². The molecule has 0 atom stereocenters. The molecule has 0 aliphatic rings. The summed E-state index contributed by atoms with van der Waals surface area (Å²) in [7, 11) is 0. The van der Waals surface area contributed by atoms with Gasteiger partial charge in [0.05, 0.1) is 0 Å². The molecule has 0 aliphatic heterocycles. The van der Waals surface area contributed by atoms with Crippen LogP contribution in [0.4, 0.5) is 0 Å². The second kappa shape index (κ2) is 6.42. The number of aliphatic carboxylic acids is 1. The predicted octanol–water partition coefficient (Wildman–Crippen LogP) is 0.804. The van der Waals surface area contributed by atoms with Gasteiger partial charge in [-0.15, -0.1) is 0 Å². The number of carboxylic acid groups (broad SMARTS) is 1. The molecule has 22 heavy (non-hydrogen) atoms. The number of aromatic amines is 1. The number of aryl methyl sites for hydroxylation is 1. The summed E-state index contributed by atoms with van der Waals surface area (Å²) in [5.41, 5.74) is -0.348. The molecule has 2 rings (SSSR count). The normalized spacial score (nSPS) is 11.5. The van der Waals surface area contributed by atoms with Crippen molar-refractivity contribution in [3.8, 4) is 0 Å². The first-order valence-corrected chi connectivity index (χ1v) is 7.13. The molecule has 0 unspecified atom stereocenters. The minimum absolute atomic E-state index is 0.214. The Morgan fingerprint density at radius 2 is 1.86 bits per heavy atom. The topological polar surface area (TPSA) is 110 Å². The molecule has 0 spiro atoms. The van der Waals surface area contributed by atoms with Crippen LogP contribution in [-0.2, 0) is 17.9 Å². The van der Waals surface area contributed by atoms with Gasteiger partial charge < -0.3 is 10.1 Å². The molecule has 2 aromatic heterocycles. The Kier molecular flexibility index (Phi) is 4.59. The van der Waals surface area contributed by atoms with Crippen molar-refractivity contribution in [1.82, 2.24) is 19.1 Å². The van der Waals surface area contributed by atoms with Gasteiger partial charge in [0, 0.05) is 19.2 Å². The minimum Gasteiger partial charge on any atom is -0.478 e. The van der Waals surface area contributed by atoms with Gasteiger partial charge >= 0.3 is 11.7 Å². The number of fused-ring (bicyclic) bond motifs is 1. The van der Waals surface area contributed by atoms with Gasteiger partial charge in [-0.05, 0) is 18.9 Å². The van der Waals surface area contributed by atoms with Gasteiger partial charge in [-0.2, -0.15) is 0 Å². The van der Waals surface area contributed by atoms with Crippen molar-refractivity contribution in [3.63, 3.8) is 0 Å². The molecule has 0 aromatic carbocycles. The summed E-state index contributed by atoms with van der Waals surface area (Å²) in [6.07, 6.45) is 3.55. The summed E-state index contributed by atoms with van der Waals surface area (Å²) >= 11 is 0. The van der Waals surface area contributed by atoms with Crippen LogP contribution < -0.4 is 11.2 Å². The molecule has 2 N–H and O–H groups in total. The summed E-state index contributed by atoms with van der Waals surface area (Å²) in [5.74, 6) is -0.886. The number of aromatic nitrogens is 4. The monoisotopic (exact) mass is 306 g/mol. The Morgan fingerprint density at radius 1 is 1.23 bits per heavy atom. The van der Waals surface area contributed by atoms with Crippen LogP contribution in [0.1, 0.15) is 32.5 Å². The Bertz CT molecular complexity index is 841. The van der Waals surface area contributed by atoms with Crippen LogP contribution in [0.2, 0.25) is 0 Å². The first-order chi connectivity index (χ1) is 10.5. The van der Waals surface area contributed by atoms with Crippen LogP contribution >= 0.6 is 0 Å². The Labute approximate surface area is 125 Å². The average molecular weight is 306 g/mol. The molecule has 0 saturated carbocycles. The number of nitrogens with zero attached hydrogens (tertiary/aromatic N) is 3. The fourth-order valence-corrected chi connectivity index (χ4v) is 2.26. The Morgan fingerprint density at radius 3 is 2.45 bits per heavy atom. The first-order valence-electron chi connectivity index (χ1n) is 7.13. The van der Waals surface area contributed by atoms with E-state index in [0.29, 0.717) is 25.9 Å². The quantitative estimate of drug-likeness (QED) is 0.767. The van der Waals surface area contributed by atoms with Crippen molar-refractivity contribution in [2.75, 3.05) is 0 Å². The largest absolute Gasteiger partial charge is 0.478 e. The highest BCUT2D eigenvalue weighted by Crippen LogP contribution is 2.08. The lowest BCUT2D eigenvalue weighted by atomic mass is 10.4. The van der Waals surface area contributed by atoms with Crippen LogP contribution in [-0.4, -0.2) is 30.2 Å². The maximum atomic E-state index is 12.4. The summed E-state index contributed by atoms with van der Waals surface area (Å²) in [4.78, 5) is 42.3. The molecule has 2 aromatic rings. The van der Waals surface area contributed by atoms with Crippen molar-refractivity contribution < 1.29 is 9.90 Å². The molecule has 2 heterocycles. The minimum atomic E-state index is -1.12. The van der Waals surface area contributed by atoms with Crippen LogP contribution in [0.3, 0.4) is 0 Å². The number of imidazole rings is 1. The third kappa shape index (κ3) is 2.85. The molecule has 0 aliphatic carbocycles. The van der Waals surface area contributed by atoms with Gasteiger partial charge in [0.15, 0.2) is 5.65 Å². The van der Waals surface area contributed by atoms with Gasteiger partial charge in [0.25, 0.3) is 5.56 Å². The number of nitrogens with one attached hydrogen (secondary N) is 1. The molecule has 8 heteroatoms. The number of H-pyrrole nitrogens is 1. The van der Waals surface area contributed by atoms with Gasteiger partial charge in [0.2, 0.25) is 0 Å². The molecule has 0 fully saturated rings. The zero-order valence-corrected chi connectivity index (χ0v) is 12.5. The second-order valence-corrected chi connectivity index (χ2v) is 4.88. The van der Waals surface area contributed by atoms with Crippen molar-refractivity contribution >= 4 is 23.2 Å². The highest BCUT2D eigenvalue weighted by molar-refractivity contribution is 5.85. The molecule has 0 radical (unpaired) electrons. The smallest absolute Gasteiger partial charge is 0.332 e. The predicted molar refractivity (Wildman–Crippen MR) is 81.9 cm³/mol. The molecule has 0 bridgehead atoms. The Balaban J connectivity index is 2.74. The van der Waals surface area contributed by atoms with Crippen molar-refractivity contribution in [3.05, 3.63) is 32.7 Å². The van der Waals surface area contributed by atoms with E-state index in [-0.39, 0.29) is 22.7 Å². The van der Waals surface area contributed by atoms with Crippen LogP contribution in [0.15, 0.2) is 15.7 Å². The number of hydrogen-bond donors (Lipinski definition) is 2.